The largest absolute Gasteiger partial charge is 0.302 e. The molecule has 5 rings (SSSR count). The van der Waals surface area contributed by atoms with Crippen LogP contribution < -0.4 is 10.9 Å². The van der Waals surface area contributed by atoms with Crippen molar-refractivity contribution in [3.8, 4) is 11.3 Å². The van der Waals surface area contributed by atoms with E-state index in [0.717, 1.165) is 16.6 Å². The zero-order chi connectivity index (χ0) is 20.5. The fraction of sp³-hybridized carbons (Fsp3) is 0.0909. The van der Waals surface area contributed by atoms with Crippen molar-refractivity contribution in [1.82, 2.24) is 14.5 Å². The van der Waals surface area contributed by atoms with Gasteiger partial charge in [-0.25, -0.2) is 9.97 Å². The number of hydrogen-bond donors (Lipinski definition) is 1. The summed E-state index contributed by atoms with van der Waals surface area (Å²) in [7, 11) is 0. The lowest BCUT2D eigenvalue weighted by molar-refractivity contribution is -0.116. The third-order valence-corrected chi connectivity index (χ3v) is 6.40. The summed E-state index contributed by atoms with van der Waals surface area (Å²) in [5.74, 6) is -0.188. The fourth-order valence-corrected chi connectivity index (χ4v) is 4.73. The molecule has 0 unspecified atom stereocenters. The lowest BCUT2D eigenvalue weighted by atomic mass is 10.1. The van der Waals surface area contributed by atoms with Gasteiger partial charge in [0.2, 0.25) is 5.91 Å². The molecule has 0 aliphatic carbocycles. The lowest BCUT2D eigenvalue weighted by Crippen LogP contribution is -2.23. The molecule has 1 amide bonds. The first kappa shape index (κ1) is 18.7. The van der Waals surface area contributed by atoms with Crippen LogP contribution in [0, 0.1) is 0 Å². The second-order valence-corrected chi connectivity index (χ2v) is 8.53. The first-order valence-electron chi connectivity index (χ1n) is 9.34. The lowest BCUT2D eigenvalue weighted by Gasteiger charge is -2.05. The maximum absolute atomic E-state index is 12.4. The predicted octanol–water partition coefficient (Wildman–Crippen LogP) is 4.76. The molecule has 0 saturated carbocycles. The van der Waals surface area contributed by atoms with E-state index in [9.17, 15) is 9.59 Å². The number of hydrogen-bond acceptors (Lipinski definition) is 6. The van der Waals surface area contributed by atoms with Gasteiger partial charge in [-0.1, -0.05) is 36.4 Å². The van der Waals surface area contributed by atoms with Crippen LogP contribution in [0.2, 0.25) is 0 Å². The van der Waals surface area contributed by atoms with Crippen LogP contribution in [-0.2, 0) is 11.3 Å². The summed E-state index contributed by atoms with van der Waals surface area (Å²) in [5.41, 5.74) is 1.71. The van der Waals surface area contributed by atoms with Crippen LogP contribution in [0.25, 0.3) is 32.2 Å². The Balaban J connectivity index is 1.26. The van der Waals surface area contributed by atoms with Crippen molar-refractivity contribution in [1.29, 1.82) is 0 Å². The number of carbonyl (C=O) groups is 1. The van der Waals surface area contributed by atoms with Gasteiger partial charge in [-0.15, -0.1) is 22.7 Å². The van der Waals surface area contributed by atoms with Gasteiger partial charge in [-0.2, -0.15) is 0 Å². The number of anilines is 1. The molecule has 0 aliphatic heterocycles. The molecule has 0 spiro atoms. The monoisotopic (exact) mass is 432 g/mol. The highest BCUT2D eigenvalue weighted by atomic mass is 32.1. The molecule has 0 bridgehead atoms. The predicted molar refractivity (Wildman–Crippen MR) is 122 cm³/mol. The Bertz CT molecular complexity index is 1430. The van der Waals surface area contributed by atoms with Gasteiger partial charge in [0.1, 0.15) is 4.83 Å². The van der Waals surface area contributed by atoms with Gasteiger partial charge in [0.25, 0.3) is 5.56 Å². The van der Waals surface area contributed by atoms with Gasteiger partial charge >= 0.3 is 0 Å². The second-order valence-electron chi connectivity index (χ2n) is 6.78. The molecule has 3 aromatic heterocycles. The van der Waals surface area contributed by atoms with Gasteiger partial charge in [0.05, 0.1) is 17.4 Å². The van der Waals surface area contributed by atoms with Crippen molar-refractivity contribution in [2.75, 3.05) is 5.32 Å². The van der Waals surface area contributed by atoms with E-state index in [1.807, 2.05) is 29.0 Å². The number of fused-ring (bicyclic) bond motifs is 2. The fourth-order valence-electron chi connectivity index (χ4n) is 3.27. The highest BCUT2D eigenvalue weighted by Crippen LogP contribution is 2.27. The molecule has 148 valence electrons. The quantitative estimate of drug-likeness (QED) is 0.434. The highest BCUT2D eigenvalue weighted by Gasteiger charge is 2.10. The maximum atomic E-state index is 12.4. The standard InChI is InChI=1S/C22H16N4O2S2/c27-19(7-9-26-13-23-20-17(21(26)28)8-10-29-20)25-22-24-18(12-30-22)16-6-5-14-3-1-2-4-15(14)11-16/h1-6,8,10-13H,7,9H2,(H,24,25,27). The molecule has 0 aliphatic rings. The average Bonchev–Trinajstić information content (AvgIpc) is 3.43. The summed E-state index contributed by atoms with van der Waals surface area (Å²) in [6.45, 7) is 0.270. The SMILES string of the molecule is O=C(CCn1cnc2sccc2c1=O)Nc1nc(-c2ccc3ccccc3c2)cs1. The number of aromatic nitrogens is 3. The third kappa shape index (κ3) is 3.62. The Hall–Kier alpha value is -3.36. The minimum Gasteiger partial charge on any atom is -0.302 e. The first-order valence-corrected chi connectivity index (χ1v) is 11.1. The number of thiophene rings is 1. The number of amides is 1. The van der Waals surface area contributed by atoms with E-state index in [4.69, 9.17) is 0 Å². The van der Waals surface area contributed by atoms with Gasteiger partial charge in [-0.05, 0) is 28.3 Å². The molecule has 30 heavy (non-hydrogen) atoms. The topological polar surface area (TPSA) is 76.9 Å². The molecule has 5 aromatic rings. The molecule has 0 saturated heterocycles. The number of carbonyl (C=O) groups excluding carboxylic acids is 1. The number of rotatable bonds is 5. The molecule has 0 atom stereocenters. The van der Waals surface area contributed by atoms with Crippen LogP contribution in [0.5, 0.6) is 0 Å². The number of benzene rings is 2. The molecular weight excluding hydrogens is 416 g/mol. The Kier molecular flexibility index (Phi) is 4.86. The first-order chi connectivity index (χ1) is 14.7. The van der Waals surface area contributed by atoms with E-state index in [2.05, 4.69) is 39.6 Å². The molecule has 8 heteroatoms. The second kappa shape index (κ2) is 7.81. The van der Waals surface area contributed by atoms with Crippen molar-refractivity contribution in [3.63, 3.8) is 0 Å². The van der Waals surface area contributed by atoms with Crippen LogP contribution >= 0.6 is 22.7 Å². The summed E-state index contributed by atoms with van der Waals surface area (Å²) < 4.78 is 1.47. The molecule has 6 nitrogen and oxygen atoms in total. The average molecular weight is 433 g/mol. The summed E-state index contributed by atoms with van der Waals surface area (Å²) in [4.78, 5) is 34.3. The van der Waals surface area contributed by atoms with E-state index in [1.165, 1.54) is 39.0 Å². The Morgan fingerprint density at radius 1 is 1.07 bits per heavy atom. The van der Waals surface area contributed by atoms with Crippen molar-refractivity contribution in [2.45, 2.75) is 13.0 Å². The molecule has 2 aromatic carbocycles. The van der Waals surface area contributed by atoms with Crippen LogP contribution in [0.4, 0.5) is 5.13 Å². The van der Waals surface area contributed by atoms with Crippen LogP contribution in [0.1, 0.15) is 6.42 Å². The summed E-state index contributed by atoms with van der Waals surface area (Å²) in [6.07, 6.45) is 1.66. The zero-order valence-corrected chi connectivity index (χ0v) is 17.4. The van der Waals surface area contributed by atoms with Gasteiger partial charge in [-0.3, -0.25) is 14.2 Å². The summed E-state index contributed by atoms with van der Waals surface area (Å²) in [6, 6.07) is 16.1. The molecule has 1 N–H and O–H groups in total. The molecule has 0 fully saturated rings. The van der Waals surface area contributed by atoms with Crippen LogP contribution in [-0.4, -0.2) is 20.4 Å². The highest BCUT2D eigenvalue weighted by molar-refractivity contribution is 7.16. The smallest absolute Gasteiger partial charge is 0.262 e. The van der Waals surface area contributed by atoms with Gasteiger partial charge in [0.15, 0.2) is 5.13 Å². The van der Waals surface area contributed by atoms with Crippen molar-refractivity contribution in [2.24, 2.45) is 0 Å². The normalized spacial score (nSPS) is 11.2. The van der Waals surface area contributed by atoms with E-state index >= 15 is 0 Å². The molecular formula is C22H16N4O2S2. The van der Waals surface area contributed by atoms with Gasteiger partial charge in [0, 0.05) is 23.9 Å². The maximum Gasteiger partial charge on any atom is 0.262 e. The number of nitrogens with zero attached hydrogens (tertiary/aromatic N) is 3. The Labute approximate surface area is 179 Å². The summed E-state index contributed by atoms with van der Waals surface area (Å²) in [5, 5.41) is 10.0. The molecule has 3 heterocycles. The summed E-state index contributed by atoms with van der Waals surface area (Å²) >= 11 is 2.81. The Morgan fingerprint density at radius 3 is 2.83 bits per heavy atom. The molecule has 0 radical (unpaired) electrons. The van der Waals surface area contributed by atoms with Crippen LogP contribution in [0.15, 0.2) is 70.4 Å². The van der Waals surface area contributed by atoms with Crippen molar-refractivity contribution >= 4 is 54.7 Å². The van der Waals surface area contributed by atoms with Gasteiger partial charge < -0.3 is 5.32 Å². The number of thiazole rings is 1. The van der Waals surface area contributed by atoms with E-state index in [-0.39, 0.29) is 24.4 Å². The number of aryl methyl sites for hydroxylation is 1. The number of nitrogens with one attached hydrogen (secondary N) is 1. The van der Waals surface area contributed by atoms with Crippen molar-refractivity contribution in [3.05, 3.63) is 76.0 Å². The van der Waals surface area contributed by atoms with Crippen molar-refractivity contribution < 1.29 is 4.79 Å². The van der Waals surface area contributed by atoms with E-state index in [0.29, 0.717) is 15.3 Å². The van der Waals surface area contributed by atoms with Crippen LogP contribution in [0.3, 0.4) is 0 Å². The van der Waals surface area contributed by atoms with E-state index in [1.54, 1.807) is 6.07 Å². The zero-order valence-electron chi connectivity index (χ0n) is 15.7. The Morgan fingerprint density at radius 2 is 1.93 bits per heavy atom. The minimum atomic E-state index is -0.188. The minimum absolute atomic E-state index is 0.123. The third-order valence-electron chi connectivity index (χ3n) is 4.83. The van der Waals surface area contributed by atoms with E-state index < -0.39 is 0 Å².